The number of hydrogen-bond donors (Lipinski definition) is 2. The van der Waals surface area contributed by atoms with Crippen LogP contribution in [0, 0.1) is 0 Å². The molecule has 2 aromatic rings. The van der Waals surface area contributed by atoms with Crippen molar-refractivity contribution in [1.29, 1.82) is 0 Å². The van der Waals surface area contributed by atoms with Crippen LogP contribution in [-0.4, -0.2) is 36.1 Å². The Labute approximate surface area is 138 Å². The van der Waals surface area contributed by atoms with E-state index in [-0.39, 0.29) is 24.7 Å². The van der Waals surface area contributed by atoms with Gasteiger partial charge in [-0.3, -0.25) is 14.5 Å². The summed E-state index contributed by atoms with van der Waals surface area (Å²) in [6.07, 6.45) is 2.85. The molecule has 0 amide bonds. The first-order chi connectivity index (χ1) is 10.5. The van der Waals surface area contributed by atoms with Crippen LogP contribution in [0.25, 0.3) is 10.9 Å². The summed E-state index contributed by atoms with van der Waals surface area (Å²) in [5.74, 6) is -0.638. The zero-order chi connectivity index (χ0) is 15.9. The molecule has 0 unspecified atom stereocenters. The standard InChI is InChI=1S/C15H17N3O4.ClH/c1-17-8-22-12-6-9(3-2-4-16)5-10-13(12)18(17)7-11(14(10)19)15(20)21;/h5-7H,2-4,8,16H2,1H3,(H,20,21);1H. The molecule has 0 bridgehead atoms. The lowest BCUT2D eigenvalue weighted by Gasteiger charge is -2.30. The lowest BCUT2D eigenvalue weighted by Crippen LogP contribution is -2.39. The van der Waals surface area contributed by atoms with Crippen LogP contribution in [0.3, 0.4) is 0 Å². The van der Waals surface area contributed by atoms with Crippen LogP contribution in [0.15, 0.2) is 23.1 Å². The highest BCUT2D eigenvalue weighted by Gasteiger charge is 2.23. The Balaban J connectivity index is 0.00000192. The highest BCUT2D eigenvalue weighted by molar-refractivity contribution is 5.95. The lowest BCUT2D eigenvalue weighted by atomic mass is 10.0. The summed E-state index contributed by atoms with van der Waals surface area (Å²) >= 11 is 0. The van der Waals surface area contributed by atoms with Crippen molar-refractivity contribution in [3.8, 4) is 5.75 Å². The first-order valence-corrected chi connectivity index (χ1v) is 7.03. The van der Waals surface area contributed by atoms with Gasteiger partial charge in [0.2, 0.25) is 5.43 Å². The van der Waals surface area contributed by atoms with Crippen molar-refractivity contribution in [2.24, 2.45) is 5.73 Å². The van der Waals surface area contributed by atoms with Gasteiger partial charge < -0.3 is 15.6 Å². The van der Waals surface area contributed by atoms with Gasteiger partial charge in [0.15, 0.2) is 6.73 Å². The fourth-order valence-electron chi connectivity index (χ4n) is 2.67. The second-order valence-corrected chi connectivity index (χ2v) is 5.34. The number of carbonyl (C=O) groups is 1. The van der Waals surface area contributed by atoms with Gasteiger partial charge in [0.05, 0.1) is 5.39 Å². The maximum atomic E-state index is 12.5. The molecule has 3 N–H and O–H groups in total. The molecule has 1 aromatic heterocycles. The predicted octanol–water partition coefficient (Wildman–Crippen LogP) is 0.931. The number of hydrogen-bond acceptors (Lipinski definition) is 5. The van der Waals surface area contributed by atoms with E-state index in [0.29, 0.717) is 23.2 Å². The average Bonchev–Trinajstić information content (AvgIpc) is 2.50. The number of rotatable bonds is 4. The normalized spacial score (nSPS) is 12.7. The number of aryl methyl sites for hydroxylation is 1. The SMILES string of the molecule is CN1COc2cc(CCCN)cc3c(=O)c(C(=O)O)cn1c23.Cl. The molecular formula is C15H18ClN3O4. The van der Waals surface area contributed by atoms with Gasteiger partial charge in [-0.2, -0.15) is 0 Å². The number of benzene rings is 1. The zero-order valence-corrected chi connectivity index (χ0v) is 13.4. The van der Waals surface area contributed by atoms with Crippen LogP contribution in [-0.2, 0) is 6.42 Å². The number of pyridine rings is 1. The fourth-order valence-corrected chi connectivity index (χ4v) is 2.67. The molecule has 2 heterocycles. The zero-order valence-electron chi connectivity index (χ0n) is 12.6. The number of carboxylic acid groups (broad SMARTS) is 1. The lowest BCUT2D eigenvalue weighted by molar-refractivity contribution is 0.0694. The molecule has 1 aromatic carbocycles. The van der Waals surface area contributed by atoms with Gasteiger partial charge in [-0.25, -0.2) is 4.79 Å². The van der Waals surface area contributed by atoms with Gasteiger partial charge in [0, 0.05) is 13.2 Å². The van der Waals surface area contributed by atoms with E-state index >= 15 is 0 Å². The molecule has 0 spiro atoms. The van der Waals surface area contributed by atoms with E-state index in [2.05, 4.69) is 0 Å². The van der Waals surface area contributed by atoms with E-state index in [1.807, 2.05) is 6.07 Å². The second kappa shape index (κ2) is 6.47. The van der Waals surface area contributed by atoms with Gasteiger partial charge in [0.25, 0.3) is 0 Å². The number of nitrogens with two attached hydrogens (primary N) is 1. The Bertz CT molecular complexity index is 818. The summed E-state index contributed by atoms with van der Waals surface area (Å²) < 4.78 is 7.33. The third kappa shape index (κ3) is 2.85. The number of aromatic carboxylic acids is 1. The average molecular weight is 340 g/mol. The molecule has 0 aliphatic carbocycles. The molecule has 0 saturated heterocycles. The molecule has 0 fully saturated rings. The first kappa shape index (κ1) is 17.1. The second-order valence-electron chi connectivity index (χ2n) is 5.34. The van der Waals surface area contributed by atoms with Gasteiger partial charge in [-0.05, 0) is 37.1 Å². The summed E-state index contributed by atoms with van der Waals surface area (Å²) in [5, 5.41) is 11.3. The van der Waals surface area contributed by atoms with Crippen molar-refractivity contribution in [3.05, 3.63) is 39.7 Å². The number of halogens is 1. The summed E-state index contributed by atoms with van der Waals surface area (Å²) in [6.45, 7) is 0.834. The van der Waals surface area contributed by atoms with E-state index in [4.69, 9.17) is 10.5 Å². The van der Waals surface area contributed by atoms with Crippen LogP contribution in [0.4, 0.5) is 0 Å². The van der Waals surface area contributed by atoms with E-state index < -0.39 is 11.4 Å². The quantitative estimate of drug-likeness (QED) is 0.860. The van der Waals surface area contributed by atoms with Crippen molar-refractivity contribution in [3.63, 3.8) is 0 Å². The van der Waals surface area contributed by atoms with Crippen molar-refractivity contribution < 1.29 is 14.6 Å². The summed E-state index contributed by atoms with van der Waals surface area (Å²) in [6, 6.07) is 3.63. The van der Waals surface area contributed by atoms with Gasteiger partial charge >= 0.3 is 5.97 Å². The van der Waals surface area contributed by atoms with Crippen molar-refractivity contribution >= 4 is 29.3 Å². The molecule has 1 aliphatic heterocycles. The molecule has 8 heteroatoms. The van der Waals surface area contributed by atoms with Crippen LogP contribution in [0.5, 0.6) is 5.75 Å². The molecular weight excluding hydrogens is 322 g/mol. The summed E-state index contributed by atoms with van der Waals surface area (Å²) in [5.41, 5.74) is 6.30. The Kier molecular flexibility index (Phi) is 4.82. The molecule has 0 saturated carbocycles. The molecule has 3 rings (SSSR count). The molecule has 0 atom stereocenters. The molecule has 124 valence electrons. The van der Waals surface area contributed by atoms with Crippen LogP contribution >= 0.6 is 12.4 Å². The van der Waals surface area contributed by atoms with E-state index in [1.54, 1.807) is 22.8 Å². The highest BCUT2D eigenvalue weighted by atomic mass is 35.5. The molecule has 7 nitrogen and oxygen atoms in total. The van der Waals surface area contributed by atoms with Crippen LogP contribution in [0.1, 0.15) is 22.3 Å². The van der Waals surface area contributed by atoms with E-state index in [0.717, 1.165) is 18.4 Å². The third-order valence-electron chi connectivity index (χ3n) is 3.78. The van der Waals surface area contributed by atoms with Gasteiger partial charge in [0.1, 0.15) is 16.8 Å². The van der Waals surface area contributed by atoms with Crippen LogP contribution in [0.2, 0.25) is 0 Å². The van der Waals surface area contributed by atoms with Crippen molar-refractivity contribution in [2.45, 2.75) is 12.8 Å². The van der Waals surface area contributed by atoms with E-state index in [9.17, 15) is 14.7 Å². The third-order valence-corrected chi connectivity index (χ3v) is 3.78. The largest absolute Gasteiger partial charge is 0.477 e. The molecule has 0 radical (unpaired) electrons. The summed E-state index contributed by atoms with van der Waals surface area (Å²) in [4.78, 5) is 23.8. The van der Waals surface area contributed by atoms with Crippen molar-refractivity contribution in [2.75, 3.05) is 25.3 Å². The summed E-state index contributed by atoms with van der Waals surface area (Å²) in [7, 11) is 1.76. The topological polar surface area (TPSA) is 97.8 Å². The maximum absolute atomic E-state index is 12.5. The number of carboxylic acids is 1. The number of aromatic nitrogens is 1. The minimum Gasteiger partial charge on any atom is -0.477 e. The number of nitrogens with zero attached hydrogens (tertiary/aromatic N) is 2. The van der Waals surface area contributed by atoms with E-state index in [1.165, 1.54) is 6.20 Å². The number of ether oxygens (including phenoxy) is 1. The molecule has 23 heavy (non-hydrogen) atoms. The Morgan fingerprint density at radius 3 is 2.83 bits per heavy atom. The Morgan fingerprint density at radius 2 is 2.17 bits per heavy atom. The van der Waals surface area contributed by atoms with Crippen molar-refractivity contribution in [1.82, 2.24) is 4.68 Å². The Hall–Kier alpha value is -2.25. The highest BCUT2D eigenvalue weighted by Crippen LogP contribution is 2.29. The fraction of sp³-hybridized carbons (Fsp3) is 0.333. The molecule has 1 aliphatic rings. The first-order valence-electron chi connectivity index (χ1n) is 7.03. The monoisotopic (exact) mass is 339 g/mol. The van der Waals surface area contributed by atoms with Gasteiger partial charge in [-0.15, -0.1) is 12.4 Å². The minimum atomic E-state index is -1.23. The van der Waals surface area contributed by atoms with Crippen LogP contribution < -0.4 is 20.9 Å². The maximum Gasteiger partial charge on any atom is 0.341 e. The van der Waals surface area contributed by atoms with Gasteiger partial charge in [-0.1, -0.05) is 0 Å². The smallest absolute Gasteiger partial charge is 0.341 e. The minimum absolute atomic E-state index is 0. The Morgan fingerprint density at radius 1 is 1.43 bits per heavy atom. The predicted molar refractivity (Wildman–Crippen MR) is 89.4 cm³/mol.